The van der Waals surface area contributed by atoms with E-state index in [1.54, 1.807) is 6.92 Å². The molecule has 1 N–H and O–H groups in total. The fraction of sp³-hybridized carbons (Fsp3) is 0.857. The standard InChI is InChI=1S/C14H27N3O3/c1-5-12(6-2)15(4)14(20)17-9-7-16(8-10-17)11(3)13(18)19/h11-12H,5-10H2,1-4H3,(H,18,19). The lowest BCUT2D eigenvalue weighted by molar-refractivity contribution is -0.143. The van der Waals surface area contributed by atoms with E-state index >= 15 is 0 Å². The Kier molecular flexibility index (Phi) is 6.26. The van der Waals surface area contributed by atoms with Crippen molar-refractivity contribution < 1.29 is 14.7 Å². The van der Waals surface area contributed by atoms with Crippen molar-refractivity contribution in [2.24, 2.45) is 0 Å². The SMILES string of the molecule is CCC(CC)N(C)C(=O)N1CCN(C(C)C(=O)O)CC1. The van der Waals surface area contributed by atoms with Crippen LogP contribution in [-0.4, -0.2) is 77.1 Å². The number of nitrogens with zero attached hydrogens (tertiary/aromatic N) is 3. The second-order valence-electron chi connectivity index (χ2n) is 5.40. The van der Waals surface area contributed by atoms with Gasteiger partial charge in [0.05, 0.1) is 0 Å². The van der Waals surface area contributed by atoms with E-state index in [1.165, 1.54) is 0 Å². The Balaban J connectivity index is 2.52. The van der Waals surface area contributed by atoms with Gasteiger partial charge in [-0.25, -0.2) is 4.79 Å². The minimum atomic E-state index is -0.807. The number of hydrogen-bond acceptors (Lipinski definition) is 3. The summed E-state index contributed by atoms with van der Waals surface area (Å²) in [6, 6.07) is -0.149. The molecule has 1 saturated heterocycles. The molecule has 1 fully saturated rings. The number of urea groups is 1. The van der Waals surface area contributed by atoms with Gasteiger partial charge in [-0.2, -0.15) is 0 Å². The third-order valence-corrected chi connectivity index (χ3v) is 4.28. The summed E-state index contributed by atoms with van der Waals surface area (Å²) in [5.74, 6) is -0.807. The van der Waals surface area contributed by atoms with Gasteiger partial charge in [0.1, 0.15) is 6.04 Å². The van der Waals surface area contributed by atoms with Crippen molar-refractivity contribution in [1.29, 1.82) is 0 Å². The highest BCUT2D eigenvalue weighted by Crippen LogP contribution is 2.12. The Bertz CT molecular complexity index is 337. The van der Waals surface area contributed by atoms with Gasteiger partial charge in [0, 0.05) is 39.3 Å². The maximum Gasteiger partial charge on any atom is 0.320 e. The van der Waals surface area contributed by atoms with Gasteiger partial charge in [-0.05, 0) is 19.8 Å². The Hall–Kier alpha value is -1.30. The Labute approximate surface area is 121 Å². The molecule has 0 radical (unpaired) electrons. The van der Waals surface area contributed by atoms with Crippen LogP contribution in [0.4, 0.5) is 4.79 Å². The van der Waals surface area contributed by atoms with Crippen molar-refractivity contribution in [3.05, 3.63) is 0 Å². The first-order valence-corrected chi connectivity index (χ1v) is 7.40. The van der Waals surface area contributed by atoms with Gasteiger partial charge in [-0.15, -0.1) is 0 Å². The van der Waals surface area contributed by atoms with Gasteiger partial charge in [-0.1, -0.05) is 13.8 Å². The molecule has 0 aromatic carbocycles. The quantitative estimate of drug-likeness (QED) is 0.827. The highest BCUT2D eigenvalue weighted by Gasteiger charge is 2.29. The van der Waals surface area contributed by atoms with Crippen LogP contribution in [-0.2, 0) is 4.79 Å². The van der Waals surface area contributed by atoms with Crippen LogP contribution in [0.15, 0.2) is 0 Å². The number of aliphatic carboxylic acids is 1. The first-order valence-electron chi connectivity index (χ1n) is 7.40. The van der Waals surface area contributed by atoms with Gasteiger partial charge in [0.2, 0.25) is 0 Å². The lowest BCUT2D eigenvalue weighted by Crippen LogP contribution is -2.56. The molecule has 0 aromatic heterocycles. The van der Waals surface area contributed by atoms with Crippen LogP contribution in [0.3, 0.4) is 0 Å². The number of carboxylic acids is 1. The van der Waals surface area contributed by atoms with E-state index in [1.807, 2.05) is 21.7 Å². The lowest BCUT2D eigenvalue weighted by atomic mass is 10.1. The van der Waals surface area contributed by atoms with Crippen LogP contribution < -0.4 is 0 Å². The van der Waals surface area contributed by atoms with E-state index in [9.17, 15) is 9.59 Å². The van der Waals surface area contributed by atoms with Gasteiger partial charge in [-0.3, -0.25) is 9.69 Å². The van der Waals surface area contributed by atoms with Crippen molar-refractivity contribution in [3.63, 3.8) is 0 Å². The number of rotatable bonds is 5. The first-order chi connectivity index (χ1) is 9.42. The molecule has 6 nitrogen and oxygen atoms in total. The molecular weight excluding hydrogens is 258 g/mol. The largest absolute Gasteiger partial charge is 0.480 e. The Morgan fingerprint density at radius 3 is 2.05 bits per heavy atom. The van der Waals surface area contributed by atoms with E-state index in [2.05, 4.69) is 13.8 Å². The number of hydrogen-bond donors (Lipinski definition) is 1. The zero-order valence-electron chi connectivity index (χ0n) is 13.0. The normalized spacial score (nSPS) is 18.1. The van der Waals surface area contributed by atoms with Crippen LogP contribution in [0.5, 0.6) is 0 Å². The average molecular weight is 285 g/mol. The second kappa shape index (κ2) is 7.47. The summed E-state index contributed by atoms with van der Waals surface area (Å²) >= 11 is 0. The number of carbonyl (C=O) groups excluding carboxylic acids is 1. The maximum absolute atomic E-state index is 12.4. The molecule has 20 heavy (non-hydrogen) atoms. The number of carboxylic acid groups (broad SMARTS) is 1. The predicted octanol–water partition coefficient (Wildman–Crippen LogP) is 1.32. The third-order valence-electron chi connectivity index (χ3n) is 4.28. The molecule has 0 saturated carbocycles. The zero-order chi connectivity index (χ0) is 15.3. The molecule has 0 bridgehead atoms. The number of carbonyl (C=O) groups is 2. The Morgan fingerprint density at radius 2 is 1.65 bits per heavy atom. The summed E-state index contributed by atoms with van der Waals surface area (Å²) in [6.07, 6.45) is 1.91. The number of amides is 2. The summed E-state index contributed by atoms with van der Waals surface area (Å²) in [5, 5.41) is 9.00. The average Bonchev–Trinajstić information content (AvgIpc) is 2.46. The molecule has 1 rings (SSSR count). The Morgan fingerprint density at radius 1 is 1.15 bits per heavy atom. The van der Waals surface area contributed by atoms with Crippen molar-refractivity contribution in [2.75, 3.05) is 33.2 Å². The van der Waals surface area contributed by atoms with Crippen LogP contribution >= 0.6 is 0 Å². The monoisotopic (exact) mass is 285 g/mol. The highest BCUT2D eigenvalue weighted by molar-refractivity contribution is 5.75. The zero-order valence-corrected chi connectivity index (χ0v) is 13.0. The molecule has 1 aliphatic heterocycles. The summed E-state index contributed by atoms with van der Waals surface area (Å²) in [5.41, 5.74) is 0. The maximum atomic E-state index is 12.4. The van der Waals surface area contributed by atoms with Gasteiger partial charge in [0.25, 0.3) is 0 Å². The topological polar surface area (TPSA) is 64.1 Å². The van der Waals surface area contributed by atoms with Crippen LogP contribution in [0.2, 0.25) is 0 Å². The molecule has 0 aromatic rings. The molecule has 2 amide bonds. The molecule has 0 spiro atoms. The van der Waals surface area contributed by atoms with Crippen molar-refractivity contribution >= 4 is 12.0 Å². The molecule has 1 atom stereocenters. The number of piperazine rings is 1. The summed E-state index contributed by atoms with van der Waals surface area (Å²) < 4.78 is 0. The van der Waals surface area contributed by atoms with Crippen LogP contribution in [0, 0.1) is 0 Å². The lowest BCUT2D eigenvalue weighted by Gasteiger charge is -2.39. The minimum absolute atomic E-state index is 0.0568. The van der Waals surface area contributed by atoms with Crippen LogP contribution in [0.25, 0.3) is 0 Å². The summed E-state index contributed by atoms with van der Waals surface area (Å²) in [7, 11) is 1.85. The summed E-state index contributed by atoms with van der Waals surface area (Å²) in [4.78, 5) is 28.9. The van der Waals surface area contributed by atoms with E-state index in [0.29, 0.717) is 26.2 Å². The molecule has 1 heterocycles. The van der Waals surface area contributed by atoms with Crippen molar-refractivity contribution in [2.45, 2.75) is 45.7 Å². The second-order valence-corrected chi connectivity index (χ2v) is 5.40. The van der Waals surface area contributed by atoms with Gasteiger partial charge in [0.15, 0.2) is 0 Å². The first kappa shape index (κ1) is 16.8. The van der Waals surface area contributed by atoms with E-state index < -0.39 is 12.0 Å². The molecule has 1 unspecified atom stereocenters. The summed E-state index contributed by atoms with van der Waals surface area (Å²) in [6.45, 7) is 8.30. The minimum Gasteiger partial charge on any atom is -0.480 e. The smallest absolute Gasteiger partial charge is 0.320 e. The van der Waals surface area contributed by atoms with E-state index in [0.717, 1.165) is 12.8 Å². The molecule has 1 aliphatic rings. The molecule has 6 heteroatoms. The van der Waals surface area contributed by atoms with E-state index in [-0.39, 0.29) is 12.1 Å². The van der Waals surface area contributed by atoms with Gasteiger partial charge < -0.3 is 14.9 Å². The molecular formula is C14H27N3O3. The molecule has 116 valence electrons. The molecule has 0 aliphatic carbocycles. The highest BCUT2D eigenvalue weighted by atomic mass is 16.4. The van der Waals surface area contributed by atoms with Gasteiger partial charge >= 0.3 is 12.0 Å². The van der Waals surface area contributed by atoms with Crippen LogP contribution in [0.1, 0.15) is 33.6 Å². The predicted molar refractivity (Wildman–Crippen MR) is 77.8 cm³/mol. The fourth-order valence-electron chi connectivity index (χ4n) is 2.67. The third kappa shape index (κ3) is 3.85. The van der Waals surface area contributed by atoms with Crippen molar-refractivity contribution in [1.82, 2.24) is 14.7 Å². The van der Waals surface area contributed by atoms with Crippen molar-refractivity contribution in [3.8, 4) is 0 Å². The fourth-order valence-corrected chi connectivity index (χ4v) is 2.67. The van der Waals surface area contributed by atoms with E-state index in [4.69, 9.17) is 5.11 Å².